The first-order valence-corrected chi connectivity index (χ1v) is 6.61. The average Bonchev–Trinajstić information content (AvgIpc) is 2.56. The number of rotatable bonds is 5. The van der Waals surface area contributed by atoms with E-state index in [9.17, 15) is 0 Å². The van der Waals surface area contributed by atoms with Gasteiger partial charge >= 0.3 is 0 Å². The van der Waals surface area contributed by atoms with Gasteiger partial charge in [0.05, 0.1) is 6.07 Å². The van der Waals surface area contributed by atoms with E-state index in [1.165, 1.54) is 38.5 Å². The van der Waals surface area contributed by atoms with Crippen LogP contribution in [0.25, 0.3) is 0 Å². The Morgan fingerprint density at radius 1 is 1.31 bits per heavy atom. The topological polar surface area (TPSA) is 39.1 Å². The molecule has 0 aliphatic heterocycles. The number of nitrogens with one attached hydrogen (secondary N) is 1. The highest BCUT2D eigenvalue weighted by atomic mass is 15.2. The van der Waals surface area contributed by atoms with Crippen LogP contribution >= 0.6 is 0 Å². The molecule has 1 aliphatic carbocycles. The molecule has 3 heteroatoms. The van der Waals surface area contributed by atoms with Gasteiger partial charge in [0, 0.05) is 12.6 Å². The molecular formula is C13H25N3. The van der Waals surface area contributed by atoms with E-state index in [4.69, 9.17) is 5.26 Å². The third-order valence-corrected chi connectivity index (χ3v) is 3.52. The summed E-state index contributed by atoms with van der Waals surface area (Å²) in [4.78, 5) is 2.38. The summed E-state index contributed by atoms with van der Waals surface area (Å²) < 4.78 is 0. The van der Waals surface area contributed by atoms with Gasteiger partial charge in [0.1, 0.15) is 6.04 Å². The number of nitriles is 1. The molecule has 0 aromatic carbocycles. The van der Waals surface area contributed by atoms with Crippen LogP contribution in [-0.4, -0.2) is 37.1 Å². The van der Waals surface area contributed by atoms with E-state index in [1.54, 1.807) is 0 Å². The summed E-state index contributed by atoms with van der Waals surface area (Å²) in [5.41, 5.74) is 0. The molecule has 1 rings (SSSR count). The van der Waals surface area contributed by atoms with Crippen LogP contribution in [-0.2, 0) is 0 Å². The Hall–Kier alpha value is -0.590. The first-order valence-electron chi connectivity index (χ1n) is 6.61. The molecule has 92 valence electrons. The zero-order valence-electron chi connectivity index (χ0n) is 10.7. The summed E-state index contributed by atoms with van der Waals surface area (Å²) in [5.74, 6) is 0. The van der Waals surface area contributed by atoms with Crippen LogP contribution < -0.4 is 5.32 Å². The normalized spacial score (nSPS) is 20.4. The van der Waals surface area contributed by atoms with Gasteiger partial charge < -0.3 is 10.2 Å². The SMILES string of the molecule is CCNC(C#N)CN(C)C1CCCCCC1. The highest BCUT2D eigenvalue weighted by molar-refractivity contribution is 4.92. The summed E-state index contributed by atoms with van der Waals surface area (Å²) in [7, 11) is 2.16. The molecule has 1 atom stereocenters. The Bertz CT molecular complexity index is 214. The Balaban J connectivity index is 2.36. The van der Waals surface area contributed by atoms with E-state index in [0.29, 0.717) is 6.04 Å². The van der Waals surface area contributed by atoms with Crippen LogP contribution in [0.5, 0.6) is 0 Å². The highest BCUT2D eigenvalue weighted by Crippen LogP contribution is 2.20. The molecular weight excluding hydrogens is 198 g/mol. The summed E-state index contributed by atoms with van der Waals surface area (Å²) in [5, 5.41) is 12.2. The van der Waals surface area contributed by atoms with Crippen LogP contribution in [0.4, 0.5) is 0 Å². The monoisotopic (exact) mass is 223 g/mol. The second kappa shape index (κ2) is 7.65. The Kier molecular flexibility index (Phi) is 6.44. The first-order chi connectivity index (χ1) is 7.77. The minimum absolute atomic E-state index is 0.0155. The third-order valence-electron chi connectivity index (χ3n) is 3.52. The summed E-state index contributed by atoms with van der Waals surface area (Å²) in [6, 6.07) is 3.01. The van der Waals surface area contributed by atoms with Crippen molar-refractivity contribution in [2.75, 3.05) is 20.1 Å². The molecule has 3 nitrogen and oxygen atoms in total. The van der Waals surface area contributed by atoms with Crippen molar-refractivity contribution in [3.63, 3.8) is 0 Å². The quantitative estimate of drug-likeness (QED) is 0.726. The van der Waals surface area contributed by atoms with Crippen LogP contribution in [0.15, 0.2) is 0 Å². The van der Waals surface area contributed by atoms with Crippen LogP contribution in [0.3, 0.4) is 0 Å². The second-order valence-electron chi connectivity index (χ2n) is 4.82. The lowest BCUT2D eigenvalue weighted by Gasteiger charge is -2.28. The smallest absolute Gasteiger partial charge is 0.108 e. The maximum absolute atomic E-state index is 9.02. The largest absolute Gasteiger partial charge is 0.301 e. The molecule has 0 saturated heterocycles. The van der Waals surface area contributed by atoms with Crippen molar-refractivity contribution in [3.8, 4) is 6.07 Å². The molecule has 1 unspecified atom stereocenters. The zero-order valence-corrected chi connectivity index (χ0v) is 10.7. The fourth-order valence-corrected chi connectivity index (χ4v) is 2.53. The van der Waals surface area contributed by atoms with E-state index >= 15 is 0 Å². The molecule has 16 heavy (non-hydrogen) atoms. The van der Waals surface area contributed by atoms with Gasteiger partial charge in [-0.25, -0.2) is 0 Å². The second-order valence-corrected chi connectivity index (χ2v) is 4.82. The Morgan fingerprint density at radius 3 is 2.44 bits per heavy atom. The van der Waals surface area contributed by atoms with Crippen molar-refractivity contribution < 1.29 is 0 Å². The molecule has 1 N–H and O–H groups in total. The van der Waals surface area contributed by atoms with Crippen molar-refractivity contribution >= 4 is 0 Å². The molecule has 0 spiro atoms. The molecule has 1 aliphatic rings. The fraction of sp³-hybridized carbons (Fsp3) is 0.923. The number of nitrogens with zero attached hydrogens (tertiary/aromatic N) is 2. The summed E-state index contributed by atoms with van der Waals surface area (Å²) >= 11 is 0. The predicted molar refractivity (Wildman–Crippen MR) is 67.2 cm³/mol. The van der Waals surface area contributed by atoms with Crippen molar-refractivity contribution in [1.29, 1.82) is 5.26 Å². The molecule has 0 heterocycles. The Labute approximate surface area is 99.8 Å². The molecule has 0 aromatic heterocycles. The number of hydrogen-bond donors (Lipinski definition) is 1. The van der Waals surface area contributed by atoms with Crippen LogP contribution in [0, 0.1) is 11.3 Å². The summed E-state index contributed by atoms with van der Waals surface area (Å²) in [6.07, 6.45) is 8.10. The lowest BCUT2D eigenvalue weighted by molar-refractivity contribution is 0.210. The van der Waals surface area contributed by atoms with Crippen LogP contribution in [0.1, 0.15) is 45.4 Å². The number of likely N-dealkylation sites (N-methyl/N-ethyl adjacent to an activating group) is 2. The standard InChI is InChI=1S/C13H25N3/c1-3-15-12(10-14)11-16(2)13-8-6-4-5-7-9-13/h12-13,15H,3-9,11H2,1-2H3. The van der Waals surface area contributed by atoms with E-state index in [2.05, 4.69) is 30.3 Å². The minimum atomic E-state index is -0.0155. The highest BCUT2D eigenvalue weighted by Gasteiger charge is 2.19. The molecule has 0 bridgehead atoms. The third kappa shape index (κ3) is 4.51. The zero-order chi connectivity index (χ0) is 11.8. The number of hydrogen-bond acceptors (Lipinski definition) is 3. The van der Waals surface area contributed by atoms with E-state index in [-0.39, 0.29) is 6.04 Å². The van der Waals surface area contributed by atoms with Gasteiger partial charge in [-0.3, -0.25) is 0 Å². The Morgan fingerprint density at radius 2 is 1.94 bits per heavy atom. The fourth-order valence-electron chi connectivity index (χ4n) is 2.53. The lowest BCUT2D eigenvalue weighted by Crippen LogP contribution is -2.42. The van der Waals surface area contributed by atoms with Gasteiger partial charge in [0.2, 0.25) is 0 Å². The van der Waals surface area contributed by atoms with Crippen molar-refractivity contribution in [1.82, 2.24) is 10.2 Å². The van der Waals surface area contributed by atoms with Crippen molar-refractivity contribution in [2.45, 2.75) is 57.5 Å². The van der Waals surface area contributed by atoms with Gasteiger partial charge in [-0.2, -0.15) is 5.26 Å². The van der Waals surface area contributed by atoms with E-state index < -0.39 is 0 Å². The van der Waals surface area contributed by atoms with E-state index in [1.807, 2.05) is 0 Å². The molecule has 0 amide bonds. The van der Waals surface area contributed by atoms with Gasteiger partial charge in [0.15, 0.2) is 0 Å². The minimum Gasteiger partial charge on any atom is -0.301 e. The maximum atomic E-state index is 9.02. The molecule has 1 fully saturated rings. The average molecular weight is 223 g/mol. The van der Waals surface area contributed by atoms with Crippen LogP contribution in [0.2, 0.25) is 0 Å². The lowest BCUT2D eigenvalue weighted by atomic mass is 10.1. The van der Waals surface area contributed by atoms with Gasteiger partial charge in [-0.05, 0) is 26.4 Å². The van der Waals surface area contributed by atoms with Gasteiger partial charge in [-0.15, -0.1) is 0 Å². The predicted octanol–water partition coefficient (Wildman–Crippen LogP) is 2.14. The molecule has 0 radical (unpaired) electrons. The molecule has 0 aromatic rings. The van der Waals surface area contributed by atoms with Gasteiger partial charge in [0.25, 0.3) is 0 Å². The maximum Gasteiger partial charge on any atom is 0.108 e. The van der Waals surface area contributed by atoms with E-state index in [0.717, 1.165) is 13.1 Å². The summed E-state index contributed by atoms with van der Waals surface area (Å²) in [6.45, 7) is 3.78. The molecule has 1 saturated carbocycles. The first kappa shape index (κ1) is 13.5. The van der Waals surface area contributed by atoms with Gasteiger partial charge in [-0.1, -0.05) is 32.6 Å². The van der Waals surface area contributed by atoms with Crippen molar-refractivity contribution in [2.24, 2.45) is 0 Å². The van der Waals surface area contributed by atoms with Crippen molar-refractivity contribution in [3.05, 3.63) is 0 Å².